The molecule has 0 aliphatic carbocycles. The van der Waals surface area contributed by atoms with E-state index in [1.54, 1.807) is 0 Å². The molecular weight excluding hydrogens is 350 g/mol. The third-order valence-electron chi connectivity index (χ3n) is 4.44. The molecule has 2 aromatic rings. The van der Waals surface area contributed by atoms with E-state index < -0.39 is 0 Å². The van der Waals surface area contributed by atoms with Crippen LogP contribution < -0.4 is 10.1 Å². The summed E-state index contributed by atoms with van der Waals surface area (Å²) in [6.07, 6.45) is 0.360. The number of alkyl carbamates (subject to hydrolysis) is 1. The molecule has 0 saturated carbocycles. The lowest BCUT2D eigenvalue weighted by Gasteiger charge is -2.21. The van der Waals surface area contributed by atoms with Crippen molar-refractivity contribution >= 4 is 6.09 Å². The summed E-state index contributed by atoms with van der Waals surface area (Å²) >= 11 is 0. The summed E-state index contributed by atoms with van der Waals surface area (Å²) in [5.41, 5.74) is 3.35. The normalized spacial score (nSPS) is 13.5. The van der Waals surface area contributed by atoms with Crippen LogP contribution >= 0.6 is 0 Å². The van der Waals surface area contributed by atoms with E-state index in [1.807, 2.05) is 64.1 Å². The molecular formula is C24H33NO3. The highest BCUT2D eigenvalue weighted by molar-refractivity contribution is 5.67. The average Bonchev–Trinajstić information content (AvgIpc) is 2.60. The molecule has 152 valence electrons. The Hall–Kier alpha value is -2.49. The SMILES string of the molecule is Cc1ccccc1C(C)COC(=O)NC(C)Cc1ccc(OC(C)(C)C)cc1. The number of aryl methyl sites for hydroxylation is 1. The first kappa shape index (κ1) is 21.8. The molecule has 4 heteroatoms. The second-order valence-corrected chi connectivity index (χ2v) is 8.46. The van der Waals surface area contributed by atoms with Crippen LogP contribution in [0.5, 0.6) is 5.75 Å². The Morgan fingerprint density at radius 2 is 1.68 bits per heavy atom. The van der Waals surface area contributed by atoms with E-state index in [-0.39, 0.29) is 23.7 Å². The van der Waals surface area contributed by atoms with E-state index in [2.05, 4.69) is 31.3 Å². The van der Waals surface area contributed by atoms with Gasteiger partial charge in [-0.2, -0.15) is 0 Å². The number of benzene rings is 2. The van der Waals surface area contributed by atoms with Crippen molar-refractivity contribution in [3.8, 4) is 5.75 Å². The van der Waals surface area contributed by atoms with E-state index in [4.69, 9.17) is 9.47 Å². The second-order valence-electron chi connectivity index (χ2n) is 8.46. The number of hydrogen-bond acceptors (Lipinski definition) is 3. The van der Waals surface area contributed by atoms with Crippen LogP contribution in [0.15, 0.2) is 48.5 Å². The Morgan fingerprint density at radius 1 is 1.04 bits per heavy atom. The maximum Gasteiger partial charge on any atom is 0.407 e. The monoisotopic (exact) mass is 383 g/mol. The molecule has 0 saturated heterocycles. The van der Waals surface area contributed by atoms with E-state index >= 15 is 0 Å². The van der Waals surface area contributed by atoms with Gasteiger partial charge in [-0.3, -0.25) is 0 Å². The molecule has 2 atom stereocenters. The van der Waals surface area contributed by atoms with Crippen molar-refractivity contribution in [1.82, 2.24) is 5.32 Å². The number of carbonyl (C=O) groups is 1. The third kappa shape index (κ3) is 7.26. The predicted octanol–water partition coefficient (Wildman–Crippen LogP) is 5.63. The number of rotatable bonds is 7. The zero-order valence-corrected chi connectivity index (χ0v) is 17.9. The van der Waals surface area contributed by atoms with E-state index in [0.29, 0.717) is 6.61 Å². The van der Waals surface area contributed by atoms with Crippen LogP contribution in [-0.4, -0.2) is 24.3 Å². The maximum absolute atomic E-state index is 12.1. The maximum atomic E-state index is 12.1. The minimum atomic E-state index is -0.374. The number of nitrogens with one attached hydrogen (secondary N) is 1. The largest absolute Gasteiger partial charge is 0.488 e. The number of carbonyl (C=O) groups excluding carboxylic acids is 1. The van der Waals surface area contributed by atoms with Gasteiger partial charge < -0.3 is 14.8 Å². The van der Waals surface area contributed by atoms with Gasteiger partial charge in [-0.1, -0.05) is 43.3 Å². The fraction of sp³-hybridized carbons (Fsp3) is 0.458. The number of amides is 1. The minimum Gasteiger partial charge on any atom is -0.488 e. The lowest BCUT2D eigenvalue weighted by molar-refractivity contribution is 0.130. The van der Waals surface area contributed by atoms with Gasteiger partial charge in [-0.15, -0.1) is 0 Å². The highest BCUT2D eigenvalue weighted by Gasteiger charge is 2.14. The lowest BCUT2D eigenvalue weighted by Crippen LogP contribution is -2.35. The van der Waals surface area contributed by atoms with Gasteiger partial charge in [0.15, 0.2) is 0 Å². The molecule has 0 aliphatic heterocycles. The van der Waals surface area contributed by atoms with Crippen molar-refractivity contribution in [2.45, 2.75) is 65.5 Å². The van der Waals surface area contributed by atoms with Gasteiger partial charge in [0.25, 0.3) is 0 Å². The molecule has 0 fully saturated rings. The first-order valence-electron chi connectivity index (χ1n) is 9.91. The Kier molecular flexibility index (Phi) is 7.50. The molecule has 1 amide bonds. The van der Waals surface area contributed by atoms with Crippen LogP contribution in [-0.2, 0) is 11.2 Å². The predicted molar refractivity (Wildman–Crippen MR) is 114 cm³/mol. The molecule has 0 heterocycles. The van der Waals surface area contributed by atoms with Gasteiger partial charge in [0.05, 0.1) is 6.61 Å². The molecule has 28 heavy (non-hydrogen) atoms. The summed E-state index contributed by atoms with van der Waals surface area (Å²) in [5.74, 6) is 1.01. The van der Waals surface area contributed by atoms with Crippen LogP contribution in [0, 0.1) is 6.92 Å². The van der Waals surface area contributed by atoms with Crippen LogP contribution in [0.3, 0.4) is 0 Å². The summed E-state index contributed by atoms with van der Waals surface area (Å²) in [6, 6.07) is 16.2. The van der Waals surface area contributed by atoms with Crippen molar-refractivity contribution in [3.05, 3.63) is 65.2 Å². The zero-order chi connectivity index (χ0) is 20.7. The number of hydrogen-bond donors (Lipinski definition) is 1. The minimum absolute atomic E-state index is 0.0179. The molecule has 0 bridgehead atoms. The fourth-order valence-electron chi connectivity index (χ4n) is 3.12. The molecule has 0 radical (unpaired) electrons. The Morgan fingerprint density at radius 3 is 2.29 bits per heavy atom. The van der Waals surface area contributed by atoms with E-state index in [0.717, 1.165) is 17.7 Å². The summed E-state index contributed by atoms with van der Waals surface area (Å²) in [5, 5.41) is 2.91. The first-order chi connectivity index (χ1) is 13.1. The Balaban J connectivity index is 1.78. The molecule has 0 aromatic heterocycles. The first-order valence-corrected chi connectivity index (χ1v) is 9.91. The van der Waals surface area contributed by atoms with Gasteiger partial charge in [0, 0.05) is 12.0 Å². The van der Waals surface area contributed by atoms with Gasteiger partial charge in [0.1, 0.15) is 11.4 Å². The van der Waals surface area contributed by atoms with Crippen molar-refractivity contribution in [2.24, 2.45) is 0 Å². The van der Waals surface area contributed by atoms with E-state index in [1.165, 1.54) is 11.1 Å². The van der Waals surface area contributed by atoms with Crippen molar-refractivity contribution in [3.63, 3.8) is 0 Å². The fourth-order valence-corrected chi connectivity index (χ4v) is 3.12. The smallest absolute Gasteiger partial charge is 0.407 e. The second kappa shape index (κ2) is 9.63. The topological polar surface area (TPSA) is 47.6 Å². The standard InChI is InChI=1S/C24H33NO3/c1-17-9-7-8-10-22(17)18(2)16-27-23(26)25-19(3)15-20-11-13-21(14-12-20)28-24(4,5)6/h7-14,18-19H,15-16H2,1-6H3,(H,25,26). The van der Waals surface area contributed by atoms with Crippen LogP contribution in [0.25, 0.3) is 0 Å². The summed E-state index contributed by atoms with van der Waals surface area (Å²) in [6.45, 7) is 12.6. The summed E-state index contributed by atoms with van der Waals surface area (Å²) in [7, 11) is 0. The van der Waals surface area contributed by atoms with E-state index in [9.17, 15) is 4.79 Å². The summed E-state index contributed by atoms with van der Waals surface area (Å²) in [4.78, 5) is 12.1. The highest BCUT2D eigenvalue weighted by atomic mass is 16.5. The third-order valence-corrected chi connectivity index (χ3v) is 4.44. The molecule has 2 unspecified atom stereocenters. The van der Waals surface area contributed by atoms with Crippen LogP contribution in [0.2, 0.25) is 0 Å². The molecule has 2 rings (SSSR count). The Bertz CT molecular complexity index is 762. The van der Waals surface area contributed by atoms with Crippen molar-refractivity contribution in [1.29, 1.82) is 0 Å². The molecule has 0 aliphatic rings. The molecule has 4 nitrogen and oxygen atoms in total. The Labute approximate surface area is 169 Å². The molecule has 0 spiro atoms. The van der Waals surface area contributed by atoms with Gasteiger partial charge in [0.2, 0.25) is 0 Å². The zero-order valence-electron chi connectivity index (χ0n) is 17.9. The van der Waals surface area contributed by atoms with Crippen molar-refractivity contribution in [2.75, 3.05) is 6.61 Å². The van der Waals surface area contributed by atoms with Gasteiger partial charge >= 0.3 is 6.09 Å². The average molecular weight is 384 g/mol. The van der Waals surface area contributed by atoms with Crippen LogP contribution in [0.1, 0.15) is 57.2 Å². The number of ether oxygens (including phenoxy) is 2. The van der Waals surface area contributed by atoms with Crippen molar-refractivity contribution < 1.29 is 14.3 Å². The summed E-state index contributed by atoms with van der Waals surface area (Å²) < 4.78 is 11.3. The quantitative estimate of drug-likeness (QED) is 0.674. The van der Waals surface area contributed by atoms with Gasteiger partial charge in [-0.05, 0) is 69.9 Å². The highest BCUT2D eigenvalue weighted by Crippen LogP contribution is 2.20. The lowest BCUT2D eigenvalue weighted by atomic mass is 9.97. The molecule has 2 aromatic carbocycles. The van der Waals surface area contributed by atoms with Gasteiger partial charge in [-0.25, -0.2) is 4.79 Å². The molecule has 1 N–H and O–H groups in total. The van der Waals surface area contributed by atoms with Crippen LogP contribution in [0.4, 0.5) is 4.79 Å².